The molecule has 2 heterocycles. The van der Waals surface area contributed by atoms with Crippen LogP contribution in [0.5, 0.6) is 0 Å². The van der Waals surface area contributed by atoms with Crippen molar-refractivity contribution in [3.63, 3.8) is 0 Å². The fourth-order valence-electron chi connectivity index (χ4n) is 1.91. The van der Waals surface area contributed by atoms with Crippen molar-refractivity contribution in [2.75, 3.05) is 5.73 Å². The van der Waals surface area contributed by atoms with Gasteiger partial charge in [0.15, 0.2) is 11.2 Å². The third kappa shape index (κ3) is 2.12. The SMILES string of the molecule is Nc1nc2nc[nH]c2c(=O)n1Cc1cccc(Br)c1. The number of aromatic amines is 1. The number of halogens is 1. The second-order valence-electron chi connectivity index (χ2n) is 4.09. The lowest BCUT2D eigenvalue weighted by molar-refractivity contribution is 0.761. The van der Waals surface area contributed by atoms with Gasteiger partial charge < -0.3 is 10.7 Å². The van der Waals surface area contributed by atoms with E-state index in [0.29, 0.717) is 17.7 Å². The second kappa shape index (κ2) is 4.51. The Kier molecular flexibility index (Phi) is 2.83. The van der Waals surface area contributed by atoms with Crippen LogP contribution in [0.15, 0.2) is 39.9 Å². The Bertz CT molecular complexity index is 807. The molecule has 3 rings (SSSR count). The third-order valence-corrected chi connectivity index (χ3v) is 3.30. The standard InChI is InChI=1S/C12H10BrN5O/c13-8-3-1-2-7(4-8)5-18-11(19)9-10(16-6-15-9)17-12(18)14/h1-4,6H,5H2,(H2,14,17)(H,15,16). The zero-order valence-corrected chi connectivity index (χ0v) is 11.4. The van der Waals surface area contributed by atoms with E-state index in [9.17, 15) is 4.79 Å². The molecule has 0 radical (unpaired) electrons. The summed E-state index contributed by atoms with van der Waals surface area (Å²) in [5.41, 5.74) is 7.26. The number of hydrogen-bond donors (Lipinski definition) is 2. The number of imidazole rings is 1. The number of nitrogens with one attached hydrogen (secondary N) is 1. The van der Waals surface area contributed by atoms with Crippen LogP contribution >= 0.6 is 15.9 Å². The van der Waals surface area contributed by atoms with Gasteiger partial charge in [-0.3, -0.25) is 9.36 Å². The fourth-order valence-corrected chi connectivity index (χ4v) is 2.35. The summed E-state index contributed by atoms with van der Waals surface area (Å²) < 4.78 is 2.37. The number of hydrogen-bond acceptors (Lipinski definition) is 4. The summed E-state index contributed by atoms with van der Waals surface area (Å²) in [4.78, 5) is 23.1. The van der Waals surface area contributed by atoms with Crippen molar-refractivity contribution < 1.29 is 0 Å². The average Bonchev–Trinajstić information content (AvgIpc) is 2.83. The number of anilines is 1. The van der Waals surface area contributed by atoms with Gasteiger partial charge >= 0.3 is 0 Å². The average molecular weight is 320 g/mol. The summed E-state index contributed by atoms with van der Waals surface area (Å²) in [5.74, 6) is 0.157. The molecule has 0 aliphatic heterocycles. The molecular weight excluding hydrogens is 310 g/mol. The lowest BCUT2D eigenvalue weighted by Gasteiger charge is -2.08. The Morgan fingerprint density at radius 1 is 1.42 bits per heavy atom. The first-order valence-corrected chi connectivity index (χ1v) is 6.38. The molecule has 0 atom stereocenters. The minimum atomic E-state index is -0.222. The number of H-pyrrole nitrogens is 1. The van der Waals surface area contributed by atoms with E-state index in [2.05, 4.69) is 30.9 Å². The predicted molar refractivity (Wildman–Crippen MR) is 75.8 cm³/mol. The molecule has 2 aromatic heterocycles. The zero-order chi connectivity index (χ0) is 13.4. The van der Waals surface area contributed by atoms with Crippen LogP contribution in [0.4, 0.5) is 5.95 Å². The number of rotatable bonds is 2. The monoisotopic (exact) mass is 319 g/mol. The van der Waals surface area contributed by atoms with Crippen LogP contribution in [0.1, 0.15) is 5.56 Å². The van der Waals surface area contributed by atoms with Gasteiger partial charge in [-0.1, -0.05) is 28.1 Å². The molecular formula is C12H10BrN5O. The molecule has 0 unspecified atom stereocenters. The maximum absolute atomic E-state index is 12.3. The molecule has 0 aliphatic carbocycles. The van der Waals surface area contributed by atoms with E-state index in [1.54, 1.807) is 0 Å². The lowest BCUT2D eigenvalue weighted by atomic mass is 10.2. The Balaban J connectivity index is 2.12. The molecule has 0 amide bonds. The maximum atomic E-state index is 12.3. The van der Waals surface area contributed by atoms with Gasteiger partial charge in [0.25, 0.3) is 5.56 Å². The van der Waals surface area contributed by atoms with Crippen LogP contribution < -0.4 is 11.3 Å². The molecule has 3 aromatic rings. The lowest BCUT2D eigenvalue weighted by Crippen LogP contribution is -2.25. The molecule has 0 saturated carbocycles. The van der Waals surface area contributed by atoms with E-state index in [0.717, 1.165) is 10.0 Å². The number of aromatic nitrogens is 4. The van der Waals surface area contributed by atoms with Gasteiger partial charge in [0, 0.05) is 4.47 Å². The van der Waals surface area contributed by atoms with Crippen molar-refractivity contribution in [1.29, 1.82) is 0 Å². The van der Waals surface area contributed by atoms with Gasteiger partial charge in [0.1, 0.15) is 0 Å². The van der Waals surface area contributed by atoms with Gasteiger partial charge in [-0.25, -0.2) is 4.98 Å². The summed E-state index contributed by atoms with van der Waals surface area (Å²) in [6.45, 7) is 0.367. The summed E-state index contributed by atoms with van der Waals surface area (Å²) in [7, 11) is 0. The highest BCUT2D eigenvalue weighted by Gasteiger charge is 2.10. The first kappa shape index (κ1) is 11.9. The van der Waals surface area contributed by atoms with E-state index in [4.69, 9.17) is 5.73 Å². The van der Waals surface area contributed by atoms with Crippen LogP contribution in [-0.4, -0.2) is 19.5 Å². The minimum Gasteiger partial charge on any atom is -0.369 e. The third-order valence-electron chi connectivity index (χ3n) is 2.81. The van der Waals surface area contributed by atoms with E-state index in [1.165, 1.54) is 10.9 Å². The smallest absolute Gasteiger partial charge is 0.281 e. The van der Waals surface area contributed by atoms with Crippen LogP contribution in [0.2, 0.25) is 0 Å². The largest absolute Gasteiger partial charge is 0.369 e. The van der Waals surface area contributed by atoms with Crippen molar-refractivity contribution in [2.24, 2.45) is 0 Å². The molecule has 6 nitrogen and oxygen atoms in total. The van der Waals surface area contributed by atoms with Crippen molar-refractivity contribution in [1.82, 2.24) is 19.5 Å². The van der Waals surface area contributed by atoms with Crippen LogP contribution in [0, 0.1) is 0 Å². The summed E-state index contributed by atoms with van der Waals surface area (Å²) in [6, 6.07) is 7.69. The molecule has 1 aromatic carbocycles. The van der Waals surface area contributed by atoms with Gasteiger partial charge in [-0.15, -0.1) is 0 Å². The van der Waals surface area contributed by atoms with Crippen molar-refractivity contribution in [3.8, 4) is 0 Å². The number of nitrogen functional groups attached to an aromatic ring is 1. The Labute approximate surface area is 116 Å². The van der Waals surface area contributed by atoms with E-state index in [-0.39, 0.29) is 11.5 Å². The fraction of sp³-hybridized carbons (Fsp3) is 0.0833. The molecule has 0 fully saturated rings. The second-order valence-corrected chi connectivity index (χ2v) is 5.01. The topological polar surface area (TPSA) is 89.6 Å². The highest BCUT2D eigenvalue weighted by molar-refractivity contribution is 9.10. The first-order chi connectivity index (χ1) is 9.15. The highest BCUT2D eigenvalue weighted by Crippen LogP contribution is 2.13. The Morgan fingerprint density at radius 3 is 3.05 bits per heavy atom. The number of fused-ring (bicyclic) bond motifs is 1. The molecule has 0 spiro atoms. The van der Waals surface area contributed by atoms with E-state index < -0.39 is 0 Å². The minimum absolute atomic E-state index is 0.157. The van der Waals surface area contributed by atoms with E-state index >= 15 is 0 Å². The zero-order valence-electron chi connectivity index (χ0n) is 9.80. The molecule has 0 aliphatic rings. The number of nitrogens with zero attached hydrogens (tertiary/aromatic N) is 3. The molecule has 3 N–H and O–H groups in total. The van der Waals surface area contributed by atoms with Crippen molar-refractivity contribution in [2.45, 2.75) is 6.54 Å². The summed E-state index contributed by atoms with van der Waals surface area (Å²) >= 11 is 3.40. The normalized spacial score (nSPS) is 11.0. The molecule has 0 bridgehead atoms. The highest BCUT2D eigenvalue weighted by atomic mass is 79.9. The van der Waals surface area contributed by atoms with Crippen molar-refractivity contribution >= 4 is 33.0 Å². The Morgan fingerprint density at radius 2 is 2.26 bits per heavy atom. The molecule has 0 saturated heterocycles. The van der Waals surface area contributed by atoms with E-state index in [1.807, 2.05) is 24.3 Å². The van der Waals surface area contributed by atoms with Gasteiger partial charge in [0.2, 0.25) is 5.95 Å². The first-order valence-electron chi connectivity index (χ1n) is 5.59. The van der Waals surface area contributed by atoms with Crippen LogP contribution in [-0.2, 0) is 6.54 Å². The van der Waals surface area contributed by atoms with Gasteiger partial charge in [0.05, 0.1) is 12.9 Å². The van der Waals surface area contributed by atoms with Gasteiger partial charge in [-0.05, 0) is 17.7 Å². The molecule has 19 heavy (non-hydrogen) atoms. The Hall–Kier alpha value is -2.15. The van der Waals surface area contributed by atoms with Crippen molar-refractivity contribution in [3.05, 3.63) is 51.0 Å². The molecule has 7 heteroatoms. The number of benzene rings is 1. The number of nitrogens with two attached hydrogens (primary N) is 1. The maximum Gasteiger partial charge on any atom is 0.281 e. The van der Waals surface area contributed by atoms with Crippen LogP contribution in [0.25, 0.3) is 11.2 Å². The summed E-state index contributed by atoms with van der Waals surface area (Å²) in [5, 5.41) is 0. The predicted octanol–water partition coefficient (Wildman–Crippen LogP) is 1.51. The molecule has 96 valence electrons. The van der Waals surface area contributed by atoms with Gasteiger partial charge in [-0.2, -0.15) is 4.98 Å². The quantitative estimate of drug-likeness (QED) is 0.749. The van der Waals surface area contributed by atoms with Crippen LogP contribution in [0.3, 0.4) is 0 Å². The summed E-state index contributed by atoms with van der Waals surface area (Å²) in [6.07, 6.45) is 1.43.